The highest BCUT2D eigenvalue weighted by Crippen LogP contribution is 2.14. The third kappa shape index (κ3) is 3.07. The van der Waals surface area contributed by atoms with Gasteiger partial charge in [-0.25, -0.2) is 10.8 Å². The van der Waals surface area contributed by atoms with Crippen molar-refractivity contribution in [3.63, 3.8) is 0 Å². The minimum atomic E-state index is -0.297. The predicted molar refractivity (Wildman–Crippen MR) is 69.7 cm³/mol. The highest BCUT2D eigenvalue weighted by molar-refractivity contribution is 6.01. The van der Waals surface area contributed by atoms with Gasteiger partial charge in [-0.3, -0.25) is 19.8 Å². The standard InChI is InChI=1S/C12H17N5O2/c1-2-9-12(19)15-11(18)7-17(9)6-8-4-3-5-10(14-8)16-13/h3-5,9H,2,6-7,13H2,1H3,(H,14,16)(H,15,18,19). The van der Waals surface area contributed by atoms with Gasteiger partial charge in [0.25, 0.3) is 0 Å². The van der Waals surface area contributed by atoms with Gasteiger partial charge in [-0.2, -0.15) is 0 Å². The Bertz CT molecular complexity index is 491. The molecular weight excluding hydrogens is 246 g/mol. The molecule has 1 saturated heterocycles. The minimum absolute atomic E-state index is 0.201. The van der Waals surface area contributed by atoms with Crippen molar-refractivity contribution in [2.45, 2.75) is 25.9 Å². The van der Waals surface area contributed by atoms with E-state index < -0.39 is 0 Å². The van der Waals surface area contributed by atoms with E-state index in [0.717, 1.165) is 5.69 Å². The summed E-state index contributed by atoms with van der Waals surface area (Å²) in [5.41, 5.74) is 3.23. The molecule has 102 valence electrons. The van der Waals surface area contributed by atoms with E-state index in [2.05, 4.69) is 15.7 Å². The van der Waals surface area contributed by atoms with E-state index in [1.807, 2.05) is 24.0 Å². The Morgan fingerprint density at radius 2 is 2.32 bits per heavy atom. The van der Waals surface area contributed by atoms with E-state index in [1.54, 1.807) is 6.07 Å². The molecule has 1 atom stereocenters. The molecule has 0 saturated carbocycles. The predicted octanol–water partition coefficient (Wildman–Crippen LogP) is -0.396. The van der Waals surface area contributed by atoms with Gasteiger partial charge in [-0.05, 0) is 18.6 Å². The van der Waals surface area contributed by atoms with Crippen LogP contribution >= 0.6 is 0 Å². The van der Waals surface area contributed by atoms with Gasteiger partial charge in [0.1, 0.15) is 5.82 Å². The zero-order chi connectivity index (χ0) is 13.8. The Hall–Kier alpha value is -1.99. The molecule has 0 bridgehead atoms. The molecule has 1 fully saturated rings. The first kappa shape index (κ1) is 13.4. The summed E-state index contributed by atoms with van der Waals surface area (Å²) in [7, 11) is 0. The fraction of sp³-hybridized carbons (Fsp3) is 0.417. The average Bonchev–Trinajstić information content (AvgIpc) is 2.38. The Labute approximate surface area is 111 Å². The van der Waals surface area contributed by atoms with Gasteiger partial charge in [-0.1, -0.05) is 13.0 Å². The van der Waals surface area contributed by atoms with Crippen LogP contribution in [0, 0.1) is 0 Å². The number of anilines is 1. The van der Waals surface area contributed by atoms with Gasteiger partial charge >= 0.3 is 0 Å². The molecule has 0 aromatic carbocycles. The van der Waals surface area contributed by atoms with Crippen LogP contribution < -0.4 is 16.6 Å². The smallest absolute Gasteiger partial charge is 0.243 e. The van der Waals surface area contributed by atoms with Crippen LogP contribution in [0.1, 0.15) is 19.0 Å². The fourth-order valence-corrected chi connectivity index (χ4v) is 2.19. The molecule has 4 N–H and O–H groups in total. The van der Waals surface area contributed by atoms with Crippen molar-refractivity contribution in [2.75, 3.05) is 12.0 Å². The summed E-state index contributed by atoms with van der Waals surface area (Å²) in [6.45, 7) is 2.55. The van der Waals surface area contributed by atoms with Crippen LogP contribution in [0.25, 0.3) is 0 Å². The summed E-state index contributed by atoms with van der Waals surface area (Å²) in [5, 5.41) is 2.35. The van der Waals surface area contributed by atoms with Crippen molar-refractivity contribution in [1.29, 1.82) is 0 Å². The molecule has 1 aromatic heterocycles. The highest BCUT2D eigenvalue weighted by atomic mass is 16.2. The summed E-state index contributed by atoms with van der Waals surface area (Å²) in [5.74, 6) is 5.34. The number of carbonyl (C=O) groups is 2. The molecule has 0 aliphatic carbocycles. The SMILES string of the molecule is CCC1C(=O)NC(=O)CN1Cc1cccc(NN)n1. The van der Waals surface area contributed by atoms with E-state index >= 15 is 0 Å². The number of nitrogens with two attached hydrogens (primary N) is 1. The number of pyridine rings is 1. The van der Waals surface area contributed by atoms with E-state index in [-0.39, 0.29) is 24.4 Å². The number of nitrogens with one attached hydrogen (secondary N) is 2. The number of amides is 2. The first-order valence-corrected chi connectivity index (χ1v) is 6.14. The number of rotatable bonds is 4. The van der Waals surface area contributed by atoms with Crippen LogP contribution in [0.2, 0.25) is 0 Å². The summed E-state index contributed by atoms with van der Waals surface area (Å²) >= 11 is 0. The normalized spacial score (nSPS) is 20.2. The number of nitrogen functional groups attached to an aromatic ring is 1. The molecule has 2 rings (SSSR count). The maximum Gasteiger partial charge on any atom is 0.243 e. The minimum Gasteiger partial charge on any atom is -0.308 e. The second kappa shape index (κ2) is 5.77. The number of imide groups is 1. The van der Waals surface area contributed by atoms with Crippen molar-refractivity contribution in [3.05, 3.63) is 23.9 Å². The van der Waals surface area contributed by atoms with E-state index in [1.165, 1.54) is 0 Å². The molecule has 7 nitrogen and oxygen atoms in total. The summed E-state index contributed by atoms with van der Waals surface area (Å²) in [6, 6.07) is 5.11. The Kier molecular flexibility index (Phi) is 4.08. The van der Waals surface area contributed by atoms with E-state index in [4.69, 9.17) is 5.84 Å². The first-order valence-electron chi connectivity index (χ1n) is 6.14. The molecule has 2 heterocycles. The van der Waals surface area contributed by atoms with E-state index in [0.29, 0.717) is 18.8 Å². The monoisotopic (exact) mass is 263 g/mol. The molecular formula is C12H17N5O2. The lowest BCUT2D eigenvalue weighted by atomic mass is 10.1. The van der Waals surface area contributed by atoms with E-state index in [9.17, 15) is 9.59 Å². The second-order valence-electron chi connectivity index (χ2n) is 4.40. The lowest BCUT2D eigenvalue weighted by Crippen LogP contribution is -2.57. The van der Waals surface area contributed by atoms with Crippen LogP contribution in [0.3, 0.4) is 0 Å². The van der Waals surface area contributed by atoms with Crippen molar-refractivity contribution < 1.29 is 9.59 Å². The lowest BCUT2D eigenvalue weighted by molar-refractivity contribution is -0.140. The topological polar surface area (TPSA) is 100 Å². The van der Waals surface area contributed by atoms with Crippen molar-refractivity contribution >= 4 is 17.6 Å². The summed E-state index contributed by atoms with van der Waals surface area (Å²) in [4.78, 5) is 29.3. The maximum atomic E-state index is 11.7. The molecule has 0 spiro atoms. The van der Waals surface area contributed by atoms with Crippen LogP contribution in [0.15, 0.2) is 18.2 Å². The van der Waals surface area contributed by atoms with Crippen molar-refractivity contribution in [3.8, 4) is 0 Å². The highest BCUT2D eigenvalue weighted by Gasteiger charge is 2.32. The third-order valence-corrected chi connectivity index (χ3v) is 3.06. The van der Waals surface area contributed by atoms with Crippen LogP contribution in [-0.2, 0) is 16.1 Å². The Morgan fingerprint density at radius 1 is 1.53 bits per heavy atom. The molecule has 1 aliphatic heterocycles. The zero-order valence-corrected chi connectivity index (χ0v) is 10.7. The number of nitrogens with zero attached hydrogens (tertiary/aromatic N) is 2. The molecule has 0 radical (unpaired) electrons. The van der Waals surface area contributed by atoms with Gasteiger partial charge in [0.05, 0.1) is 18.3 Å². The number of carbonyl (C=O) groups excluding carboxylic acids is 2. The molecule has 1 unspecified atom stereocenters. The first-order chi connectivity index (χ1) is 9.13. The van der Waals surface area contributed by atoms with Gasteiger partial charge in [-0.15, -0.1) is 0 Å². The quantitative estimate of drug-likeness (QED) is 0.388. The number of hydrazine groups is 1. The van der Waals surface area contributed by atoms with Gasteiger partial charge in [0.2, 0.25) is 11.8 Å². The van der Waals surface area contributed by atoms with Crippen LogP contribution in [0.4, 0.5) is 5.82 Å². The molecule has 19 heavy (non-hydrogen) atoms. The van der Waals surface area contributed by atoms with Gasteiger partial charge in [0, 0.05) is 6.54 Å². The van der Waals surface area contributed by atoms with Gasteiger partial charge < -0.3 is 5.43 Å². The molecule has 1 aliphatic rings. The third-order valence-electron chi connectivity index (χ3n) is 3.06. The molecule has 7 heteroatoms. The Morgan fingerprint density at radius 3 is 3.00 bits per heavy atom. The van der Waals surface area contributed by atoms with Gasteiger partial charge in [0.15, 0.2) is 0 Å². The van der Waals surface area contributed by atoms with Crippen molar-refractivity contribution in [1.82, 2.24) is 15.2 Å². The second-order valence-corrected chi connectivity index (χ2v) is 4.40. The number of piperazine rings is 1. The summed E-state index contributed by atoms with van der Waals surface area (Å²) < 4.78 is 0. The maximum absolute atomic E-state index is 11.7. The van der Waals surface area contributed by atoms with Crippen molar-refractivity contribution in [2.24, 2.45) is 5.84 Å². The average molecular weight is 263 g/mol. The number of hydrogen-bond donors (Lipinski definition) is 3. The van der Waals surface area contributed by atoms with Crippen LogP contribution in [-0.4, -0.2) is 34.3 Å². The summed E-state index contributed by atoms with van der Waals surface area (Å²) in [6.07, 6.45) is 0.647. The zero-order valence-electron chi connectivity index (χ0n) is 10.7. The lowest BCUT2D eigenvalue weighted by Gasteiger charge is -2.32. The largest absolute Gasteiger partial charge is 0.308 e. The number of hydrogen-bond acceptors (Lipinski definition) is 6. The fourth-order valence-electron chi connectivity index (χ4n) is 2.19. The molecule has 2 amide bonds. The Balaban J connectivity index is 2.14. The van der Waals surface area contributed by atoms with Crippen LogP contribution in [0.5, 0.6) is 0 Å². The number of aromatic nitrogens is 1. The molecule has 1 aromatic rings.